The maximum Gasteiger partial charge on any atom is 0.305 e. The number of rotatable bonds is 24. The summed E-state index contributed by atoms with van der Waals surface area (Å²) in [4.78, 5) is 20.6. The topological polar surface area (TPSA) is 115 Å². The number of carbonyl (C=O) groups is 2. The van der Waals surface area contributed by atoms with Crippen LogP contribution in [0.2, 0.25) is 0 Å². The van der Waals surface area contributed by atoms with Crippen LogP contribution in [0.25, 0.3) is 0 Å². The number of carboxylic acids is 2. The molecule has 0 fully saturated rings. The van der Waals surface area contributed by atoms with E-state index in [1.54, 1.807) is 0 Å². The van der Waals surface area contributed by atoms with Crippen LogP contribution < -0.4 is 0 Å². The molecule has 0 aromatic heterocycles. The minimum Gasteiger partial charge on any atom is -0.481 e. The summed E-state index contributed by atoms with van der Waals surface area (Å²) < 4.78 is 0. The molecule has 4 N–H and O–H groups in total. The lowest BCUT2D eigenvalue weighted by Gasteiger charge is -2.07. The quantitative estimate of drug-likeness (QED) is 0.105. The molecule has 0 aliphatic heterocycles. The second-order valence-corrected chi connectivity index (χ2v) is 9.74. The van der Waals surface area contributed by atoms with E-state index in [1.165, 1.54) is 89.9 Å². The maximum atomic E-state index is 10.3. The van der Waals surface area contributed by atoms with E-state index in [4.69, 9.17) is 10.2 Å². The first-order valence-corrected chi connectivity index (χ1v) is 14.1. The summed E-state index contributed by atoms with van der Waals surface area (Å²) >= 11 is 0. The molecule has 0 aliphatic carbocycles. The van der Waals surface area contributed by atoms with E-state index in [2.05, 4.69) is 13.8 Å². The van der Waals surface area contributed by atoms with Crippen molar-refractivity contribution in [2.24, 2.45) is 0 Å². The van der Waals surface area contributed by atoms with Gasteiger partial charge in [-0.15, -0.1) is 0 Å². The van der Waals surface area contributed by atoms with Crippen LogP contribution >= 0.6 is 0 Å². The lowest BCUT2D eigenvalue weighted by atomic mass is 10.0. The maximum absolute atomic E-state index is 10.3. The van der Waals surface area contributed by atoms with Crippen LogP contribution in [0, 0.1) is 0 Å². The Labute approximate surface area is 209 Å². The summed E-state index contributed by atoms with van der Waals surface area (Å²) in [5.74, 6) is -1.82. The van der Waals surface area contributed by atoms with Crippen LogP contribution in [0.5, 0.6) is 0 Å². The monoisotopic (exact) mass is 488 g/mol. The first-order valence-electron chi connectivity index (χ1n) is 14.1. The summed E-state index contributed by atoms with van der Waals surface area (Å²) in [6, 6.07) is 0. The minimum atomic E-state index is -0.909. The molecule has 0 aromatic carbocycles. The Hall–Kier alpha value is -1.14. The Morgan fingerprint density at radius 3 is 0.941 bits per heavy atom. The standard InChI is InChI=1S/2C14H28O3/c2*1-2-3-4-5-6-7-8-9-10-11-13(15)12-14(16)17/h2*13,15H,2-12H2,1H3,(H,16,17). The molecule has 0 heterocycles. The molecule has 6 heteroatoms. The third-order valence-corrected chi connectivity index (χ3v) is 6.10. The van der Waals surface area contributed by atoms with Gasteiger partial charge in [-0.05, 0) is 12.8 Å². The van der Waals surface area contributed by atoms with Gasteiger partial charge < -0.3 is 20.4 Å². The van der Waals surface area contributed by atoms with E-state index in [0.29, 0.717) is 12.8 Å². The Morgan fingerprint density at radius 2 is 0.706 bits per heavy atom. The van der Waals surface area contributed by atoms with Gasteiger partial charge in [-0.25, -0.2) is 0 Å². The largest absolute Gasteiger partial charge is 0.481 e. The molecule has 0 spiro atoms. The van der Waals surface area contributed by atoms with Gasteiger partial charge in [-0.2, -0.15) is 0 Å². The van der Waals surface area contributed by atoms with E-state index >= 15 is 0 Å². The lowest BCUT2D eigenvalue weighted by Crippen LogP contribution is -2.12. The highest BCUT2D eigenvalue weighted by atomic mass is 16.4. The molecule has 34 heavy (non-hydrogen) atoms. The molecule has 0 radical (unpaired) electrons. The van der Waals surface area contributed by atoms with Crippen molar-refractivity contribution in [3.8, 4) is 0 Å². The molecule has 0 rings (SSSR count). The first kappa shape index (κ1) is 35.0. The zero-order valence-electron chi connectivity index (χ0n) is 22.3. The van der Waals surface area contributed by atoms with Gasteiger partial charge in [0.2, 0.25) is 0 Å². The Kier molecular flexibility index (Phi) is 28.9. The summed E-state index contributed by atoms with van der Waals surface area (Å²) in [7, 11) is 0. The van der Waals surface area contributed by atoms with Crippen molar-refractivity contribution < 1.29 is 30.0 Å². The predicted molar refractivity (Wildman–Crippen MR) is 140 cm³/mol. The average Bonchev–Trinajstić information content (AvgIpc) is 2.76. The highest BCUT2D eigenvalue weighted by Gasteiger charge is 2.09. The van der Waals surface area contributed by atoms with Gasteiger partial charge in [0.05, 0.1) is 25.0 Å². The first-order chi connectivity index (χ1) is 16.3. The smallest absolute Gasteiger partial charge is 0.305 e. The van der Waals surface area contributed by atoms with Crippen molar-refractivity contribution in [1.29, 1.82) is 0 Å². The third kappa shape index (κ3) is 33.0. The number of aliphatic carboxylic acids is 2. The molecular weight excluding hydrogens is 432 g/mol. The fourth-order valence-electron chi connectivity index (χ4n) is 3.99. The molecule has 0 bridgehead atoms. The Balaban J connectivity index is 0. The van der Waals surface area contributed by atoms with Gasteiger partial charge >= 0.3 is 11.9 Å². The third-order valence-electron chi connectivity index (χ3n) is 6.10. The van der Waals surface area contributed by atoms with Crippen LogP contribution in [0.4, 0.5) is 0 Å². The van der Waals surface area contributed by atoms with E-state index in [1.807, 2.05) is 0 Å². The predicted octanol–water partition coefficient (Wildman–Crippen LogP) is 7.49. The number of unbranched alkanes of at least 4 members (excludes halogenated alkanes) is 16. The summed E-state index contributed by atoms with van der Waals surface area (Å²) in [5, 5.41) is 35.6. The zero-order valence-corrected chi connectivity index (χ0v) is 22.3. The Bertz CT molecular complexity index is 401. The van der Waals surface area contributed by atoms with E-state index in [0.717, 1.165) is 25.7 Å². The SMILES string of the molecule is CCCCCCCCCCCC(O)CC(=O)O.CCCCCCCCCCCC(O)CC(=O)O. The lowest BCUT2D eigenvalue weighted by molar-refractivity contribution is -0.140. The molecule has 2 unspecified atom stereocenters. The zero-order chi connectivity index (χ0) is 25.9. The highest BCUT2D eigenvalue weighted by Crippen LogP contribution is 2.13. The molecule has 0 saturated carbocycles. The van der Waals surface area contributed by atoms with Gasteiger partial charge in [0, 0.05) is 0 Å². The number of aliphatic hydroxyl groups is 2. The van der Waals surface area contributed by atoms with Crippen LogP contribution in [0.3, 0.4) is 0 Å². The average molecular weight is 489 g/mol. The molecule has 204 valence electrons. The van der Waals surface area contributed by atoms with Crippen LogP contribution in [-0.2, 0) is 9.59 Å². The second kappa shape index (κ2) is 28.1. The van der Waals surface area contributed by atoms with E-state index < -0.39 is 24.1 Å². The van der Waals surface area contributed by atoms with Crippen LogP contribution in [0.1, 0.15) is 155 Å². The Morgan fingerprint density at radius 1 is 0.471 bits per heavy atom. The molecule has 0 aromatic rings. The normalized spacial score (nSPS) is 12.6. The number of hydrogen-bond donors (Lipinski definition) is 4. The number of carboxylic acid groups (broad SMARTS) is 2. The summed E-state index contributed by atoms with van der Waals surface area (Å²) in [6.07, 6.45) is 22.1. The van der Waals surface area contributed by atoms with Crippen molar-refractivity contribution in [3.05, 3.63) is 0 Å². The summed E-state index contributed by atoms with van der Waals surface area (Å²) in [5.41, 5.74) is 0. The molecular formula is C28H56O6. The van der Waals surface area contributed by atoms with Gasteiger partial charge in [0.25, 0.3) is 0 Å². The van der Waals surface area contributed by atoms with Gasteiger partial charge in [0.15, 0.2) is 0 Å². The van der Waals surface area contributed by atoms with Crippen molar-refractivity contribution in [1.82, 2.24) is 0 Å². The van der Waals surface area contributed by atoms with E-state index in [9.17, 15) is 19.8 Å². The van der Waals surface area contributed by atoms with Crippen molar-refractivity contribution >= 4 is 11.9 Å². The fourth-order valence-corrected chi connectivity index (χ4v) is 3.99. The fraction of sp³-hybridized carbons (Fsp3) is 0.929. The second-order valence-electron chi connectivity index (χ2n) is 9.74. The van der Waals surface area contributed by atoms with Gasteiger partial charge in [-0.1, -0.05) is 129 Å². The van der Waals surface area contributed by atoms with Crippen molar-refractivity contribution in [2.45, 2.75) is 167 Å². The van der Waals surface area contributed by atoms with Crippen LogP contribution in [-0.4, -0.2) is 44.6 Å². The highest BCUT2D eigenvalue weighted by molar-refractivity contribution is 5.67. The van der Waals surface area contributed by atoms with Gasteiger partial charge in [-0.3, -0.25) is 9.59 Å². The summed E-state index contributed by atoms with van der Waals surface area (Å²) in [6.45, 7) is 4.45. The number of hydrogen-bond acceptors (Lipinski definition) is 4. The van der Waals surface area contributed by atoms with Crippen LogP contribution in [0.15, 0.2) is 0 Å². The molecule has 0 aliphatic rings. The molecule has 6 nitrogen and oxygen atoms in total. The molecule has 2 atom stereocenters. The molecule has 0 amide bonds. The van der Waals surface area contributed by atoms with E-state index in [-0.39, 0.29) is 12.8 Å². The molecule has 0 saturated heterocycles. The van der Waals surface area contributed by atoms with Crippen molar-refractivity contribution in [3.63, 3.8) is 0 Å². The minimum absolute atomic E-state index is 0.114. The van der Waals surface area contributed by atoms with Crippen molar-refractivity contribution in [2.75, 3.05) is 0 Å². The number of aliphatic hydroxyl groups excluding tert-OH is 2. The van der Waals surface area contributed by atoms with Gasteiger partial charge in [0.1, 0.15) is 0 Å².